The van der Waals surface area contributed by atoms with Gasteiger partial charge in [0.15, 0.2) is 4.34 Å². The van der Waals surface area contributed by atoms with Crippen LogP contribution in [0.5, 0.6) is 0 Å². The molecule has 0 aliphatic rings. The topological polar surface area (TPSA) is 93.0 Å². The van der Waals surface area contributed by atoms with Crippen molar-refractivity contribution >= 4 is 61.0 Å². The summed E-state index contributed by atoms with van der Waals surface area (Å²) in [7, 11) is 0. The fourth-order valence-electron chi connectivity index (χ4n) is 2.60. The second kappa shape index (κ2) is 8.21. The first-order valence-corrected chi connectivity index (χ1v) is 10.7. The van der Waals surface area contributed by atoms with E-state index >= 15 is 0 Å². The summed E-state index contributed by atoms with van der Waals surface area (Å²) >= 11 is 6.16. The standard InChI is InChI=1S/C20H10BrN3O3S2/c21-16-9-12(24(25)26)5-7-15(16)18-8-6-13(27-18)10-14(11-22)28-20-23-17-3-1-2-4-19(17)29-20/h1-10H. The Kier molecular flexibility index (Phi) is 5.49. The molecule has 4 rings (SSSR count). The van der Waals surface area contributed by atoms with Crippen LogP contribution >= 0.6 is 39.0 Å². The van der Waals surface area contributed by atoms with Crippen LogP contribution in [0, 0.1) is 21.4 Å². The van der Waals surface area contributed by atoms with Crippen molar-refractivity contribution in [1.29, 1.82) is 5.26 Å². The number of non-ortho nitro benzene ring substituents is 1. The molecule has 0 radical (unpaired) electrons. The number of nitriles is 1. The number of thioether (sulfide) groups is 1. The van der Waals surface area contributed by atoms with Crippen LogP contribution in [-0.2, 0) is 0 Å². The maximum Gasteiger partial charge on any atom is 0.270 e. The third-order valence-corrected chi connectivity index (χ3v) is 6.59. The number of fused-ring (bicyclic) bond motifs is 1. The molecule has 0 unspecified atom stereocenters. The van der Waals surface area contributed by atoms with E-state index in [0.717, 1.165) is 14.6 Å². The van der Waals surface area contributed by atoms with Crippen LogP contribution in [0.3, 0.4) is 0 Å². The van der Waals surface area contributed by atoms with Gasteiger partial charge in [-0.25, -0.2) is 4.98 Å². The molecule has 0 atom stereocenters. The summed E-state index contributed by atoms with van der Waals surface area (Å²) in [5.41, 5.74) is 1.58. The SMILES string of the molecule is N#CC(=Cc1ccc(-c2ccc([N+](=O)[O-])cc2Br)o1)Sc1nc2ccccc2s1. The molecule has 2 heterocycles. The van der Waals surface area contributed by atoms with Gasteiger partial charge in [-0.2, -0.15) is 5.26 Å². The number of nitro benzene ring substituents is 1. The van der Waals surface area contributed by atoms with Crippen molar-refractivity contribution in [3.8, 4) is 17.4 Å². The number of hydrogen-bond donors (Lipinski definition) is 0. The summed E-state index contributed by atoms with van der Waals surface area (Å²) in [6, 6.07) is 18.0. The van der Waals surface area contributed by atoms with Crippen molar-refractivity contribution in [3.05, 3.63) is 79.8 Å². The van der Waals surface area contributed by atoms with Gasteiger partial charge in [0.1, 0.15) is 17.6 Å². The Morgan fingerprint density at radius 1 is 1.28 bits per heavy atom. The lowest BCUT2D eigenvalue weighted by Gasteiger charge is -2.01. The summed E-state index contributed by atoms with van der Waals surface area (Å²) in [6.07, 6.45) is 1.65. The number of hydrogen-bond acceptors (Lipinski definition) is 7. The molecule has 0 saturated heterocycles. The van der Waals surface area contributed by atoms with E-state index in [4.69, 9.17) is 4.42 Å². The highest BCUT2D eigenvalue weighted by molar-refractivity contribution is 9.10. The van der Waals surface area contributed by atoms with E-state index in [0.29, 0.717) is 26.5 Å². The Bertz CT molecular complexity index is 1270. The molecule has 29 heavy (non-hydrogen) atoms. The molecule has 2 aromatic carbocycles. The molecule has 0 aliphatic heterocycles. The fraction of sp³-hybridized carbons (Fsp3) is 0. The molecule has 0 bridgehead atoms. The number of nitro groups is 1. The second-order valence-electron chi connectivity index (χ2n) is 5.79. The van der Waals surface area contributed by atoms with Gasteiger partial charge in [0.2, 0.25) is 0 Å². The summed E-state index contributed by atoms with van der Waals surface area (Å²) in [5, 5.41) is 20.4. The highest BCUT2D eigenvalue weighted by Crippen LogP contribution is 2.36. The maximum atomic E-state index is 10.9. The monoisotopic (exact) mass is 483 g/mol. The van der Waals surface area contributed by atoms with Crippen LogP contribution < -0.4 is 0 Å². The van der Waals surface area contributed by atoms with Crippen molar-refractivity contribution in [1.82, 2.24) is 4.98 Å². The molecule has 0 fully saturated rings. The van der Waals surface area contributed by atoms with Crippen molar-refractivity contribution in [2.45, 2.75) is 4.34 Å². The minimum atomic E-state index is -0.455. The number of nitrogens with zero attached hydrogens (tertiary/aromatic N) is 3. The third-order valence-electron chi connectivity index (χ3n) is 3.91. The number of halogens is 1. The molecule has 9 heteroatoms. The van der Waals surface area contributed by atoms with Crippen LogP contribution in [0.25, 0.3) is 27.6 Å². The van der Waals surface area contributed by atoms with Gasteiger partial charge in [-0.15, -0.1) is 11.3 Å². The molecule has 142 valence electrons. The smallest absolute Gasteiger partial charge is 0.270 e. The predicted octanol–water partition coefficient (Wildman–Crippen LogP) is 6.88. The number of para-hydroxylation sites is 1. The number of thiazole rings is 1. The molecule has 4 aromatic rings. The van der Waals surface area contributed by atoms with E-state index in [1.54, 1.807) is 24.3 Å². The third kappa shape index (κ3) is 4.24. The second-order valence-corrected chi connectivity index (χ2v) is 8.97. The highest BCUT2D eigenvalue weighted by atomic mass is 79.9. The minimum absolute atomic E-state index is 0.00805. The zero-order chi connectivity index (χ0) is 20.4. The van der Waals surface area contributed by atoms with Gasteiger partial charge in [-0.1, -0.05) is 12.1 Å². The molecule has 0 N–H and O–H groups in total. The van der Waals surface area contributed by atoms with Gasteiger partial charge in [-0.05, 0) is 58.0 Å². The van der Waals surface area contributed by atoms with Crippen molar-refractivity contribution < 1.29 is 9.34 Å². The van der Waals surface area contributed by atoms with Gasteiger partial charge in [0.05, 0.1) is 20.0 Å². The van der Waals surface area contributed by atoms with Crippen LogP contribution in [0.15, 0.2) is 72.7 Å². The first-order chi connectivity index (χ1) is 14.0. The Labute approximate surface area is 181 Å². The number of rotatable bonds is 5. The van der Waals surface area contributed by atoms with E-state index < -0.39 is 4.92 Å². The molecule has 0 aliphatic carbocycles. The van der Waals surface area contributed by atoms with Gasteiger partial charge in [-0.3, -0.25) is 10.1 Å². The van der Waals surface area contributed by atoms with Crippen LogP contribution in [-0.4, -0.2) is 9.91 Å². The number of aromatic nitrogens is 1. The molecule has 0 spiro atoms. The lowest BCUT2D eigenvalue weighted by atomic mass is 10.1. The fourth-order valence-corrected chi connectivity index (χ4v) is 5.11. The van der Waals surface area contributed by atoms with Gasteiger partial charge >= 0.3 is 0 Å². The molecular formula is C20H10BrN3O3S2. The zero-order valence-electron chi connectivity index (χ0n) is 14.5. The first-order valence-electron chi connectivity index (χ1n) is 8.23. The summed E-state index contributed by atoms with van der Waals surface area (Å²) in [4.78, 5) is 15.4. The van der Waals surface area contributed by atoms with Crippen LogP contribution in [0.1, 0.15) is 5.76 Å². The van der Waals surface area contributed by atoms with Crippen LogP contribution in [0.2, 0.25) is 0 Å². The average Bonchev–Trinajstić information content (AvgIpc) is 3.33. The Morgan fingerprint density at radius 3 is 2.83 bits per heavy atom. The molecular weight excluding hydrogens is 474 g/mol. The molecule has 6 nitrogen and oxygen atoms in total. The normalized spacial score (nSPS) is 11.5. The Balaban J connectivity index is 1.58. The van der Waals surface area contributed by atoms with E-state index in [9.17, 15) is 15.4 Å². The van der Waals surface area contributed by atoms with Crippen molar-refractivity contribution in [3.63, 3.8) is 0 Å². The van der Waals surface area contributed by atoms with Gasteiger partial charge < -0.3 is 4.42 Å². The van der Waals surface area contributed by atoms with Crippen LogP contribution in [0.4, 0.5) is 5.69 Å². The zero-order valence-corrected chi connectivity index (χ0v) is 17.8. The van der Waals surface area contributed by atoms with Gasteiger partial charge in [0.25, 0.3) is 5.69 Å². The number of allylic oxidation sites excluding steroid dienone is 1. The highest BCUT2D eigenvalue weighted by Gasteiger charge is 2.14. The van der Waals surface area contributed by atoms with Crippen molar-refractivity contribution in [2.24, 2.45) is 0 Å². The summed E-state index contributed by atoms with van der Waals surface area (Å²) < 4.78 is 8.23. The number of furan rings is 1. The molecule has 0 saturated carbocycles. The first kappa shape index (κ1) is 19.4. The summed E-state index contributed by atoms with van der Waals surface area (Å²) in [6.45, 7) is 0. The molecule has 2 aromatic heterocycles. The average molecular weight is 484 g/mol. The maximum absolute atomic E-state index is 10.9. The lowest BCUT2D eigenvalue weighted by Crippen LogP contribution is -1.88. The van der Waals surface area contributed by atoms with E-state index in [1.165, 1.54) is 35.2 Å². The predicted molar refractivity (Wildman–Crippen MR) is 118 cm³/mol. The largest absolute Gasteiger partial charge is 0.457 e. The van der Waals surface area contributed by atoms with E-state index in [1.807, 2.05) is 24.3 Å². The Hall–Kier alpha value is -2.93. The summed E-state index contributed by atoms with van der Waals surface area (Å²) in [5.74, 6) is 1.05. The van der Waals surface area contributed by atoms with E-state index in [-0.39, 0.29) is 5.69 Å². The molecule has 0 amide bonds. The van der Waals surface area contributed by atoms with Gasteiger partial charge in [0, 0.05) is 28.2 Å². The van der Waals surface area contributed by atoms with Crippen molar-refractivity contribution in [2.75, 3.05) is 0 Å². The number of benzene rings is 2. The minimum Gasteiger partial charge on any atom is -0.457 e. The van der Waals surface area contributed by atoms with E-state index in [2.05, 4.69) is 27.0 Å². The quantitative estimate of drug-likeness (QED) is 0.133. The Morgan fingerprint density at radius 2 is 2.10 bits per heavy atom. The lowest BCUT2D eigenvalue weighted by molar-refractivity contribution is -0.384.